The van der Waals surface area contributed by atoms with Gasteiger partial charge in [0.1, 0.15) is 0 Å². The zero-order valence-corrected chi connectivity index (χ0v) is 11.3. The van der Waals surface area contributed by atoms with Crippen LogP contribution in [0.3, 0.4) is 0 Å². The van der Waals surface area contributed by atoms with Crippen LogP contribution in [-0.2, 0) is 0 Å². The molecular weight excluding hydrogens is 289 g/mol. The molecule has 0 amide bonds. The molecule has 0 aliphatic rings. The first-order valence-corrected chi connectivity index (χ1v) is 6.19. The fraction of sp³-hybridized carbons (Fsp3) is 0.143. The number of rotatable bonds is 3. The molecule has 0 heterocycles. The molecule has 0 bridgehead atoms. The molecule has 0 saturated carbocycles. The molecule has 2 aromatic carbocycles. The number of aryl methyl sites for hydroxylation is 1. The Kier molecular flexibility index (Phi) is 4.32. The molecular formula is C14H12ClF3N2. The summed E-state index contributed by atoms with van der Waals surface area (Å²) in [6.45, 7) is 1.78. The molecule has 3 N–H and O–H groups in total. The maximum atomic E-state index is 13.8. The van der Waals surface area contributed by atoms with Crippen LogP contribution in [0.4, 0.5) is 13.2 Å². The van der Waals surface area contributed by atoms with E-state index in [2.05, 4.69) is 5.43 Å². The van der Waals surface area contributed by atoms with Crippen LogP contribution in [0.25, 0.3) is 0 Å². The maximum Gasteiger partial charge on any atom is 0.194 e. The van der Waals surface area contributed by atoms with Gasteiger partial charge in [-0.05, 0) is 30.2 Å². The summed E-state index contributed by atoms with van der Waals surface area (Å²) >= 11 is 5.92. The third kappa shape index (κ3) is 2.65. The van der Waals surface area contributed by atoms with E-state index in [1.54, 1.807) is 25.1 Å². The van der Waals surface area contributed by atoms with Gasteiger partial charge in [-0.1, -0.05) is 29.8 Å². The Morgan fingerprint density at radius 3 is 2.40 bits per heavy atom. The number of hydrogen-bond acceptors (Lipinski definition) is 2. The van der Waals surface area contributed by atoms with Crippen LogP contribution in [0.5, 0.6) is 0 Å². The van der Waals surface area contributed by atoms with E-state index in [0.717, 1.165) is 17.7 Å². The van der Waals surface area contributed by atoms with Gasteiger partial charge < -0.3 is 0 Å². The van der Waals surface area contributed by atoms with Crippen LogP contribution in [0.1, 0.15) is 22.7 Å². The monoisotopic (exact) mass is 300 g/mol. The zero-order chi connectivity index (χ0) is 14.9. The SMILES string of the molecule is Cc1cc(C(NN)c2ccc(F)c(F)c2F)ccc1Cl. The number of halogens is 4. The van der Waals surface area contributed by atoms with E-state index in [4.69, 9.17) is 17.4 Å². The van der Waals surface area contributed by atoms with E-state index in [1.807, 2.05) is 0 Å². The van der Waals surface area contributed by atoms with Gasteiger partial charge in [-0.3, -0.25) is 5.84 Å². The highest BCUT2D eigenvalue weighted by atomic mass is 35.5. The second-order valence-electron chi connectivity index (χ2n) is 4.37. The Bertz CT molecular complexity index is 647. The molecule has 0 fully saturated rings. The van der Waals surface area contributed by atoms with Crippen molar-refractivity contribution in [2.24, 2.45) is 5.84 Å². The lowest BCUT2D eigenvalue weighted by Gasteiger charge is -2.18. The second-order valence-corrected chi connectivity index (χ2v) is 4.78. The van der Waals surface area contributed by atoms with Gasteiger partial charge >= 0.3 is 0 Å². The van der Waals surface area contributed by atoms with Crippen molar-refractivity contribution >= 4 is 11.6 Å². The number of nitrogens with two attached hydrogens (primary N) is 1. The van der Waals surface area contributed by atoms with Crippen molar-refractivity contribution in [2.75, 3.05) is 0 Å². The molecule has 1 unspecified atom stereocenters. The van der Waals surface area contributed by atoms with E-state index in [-0.39, 0.29) is 5.56 Å². The number of hydrogen-bond donors (Lipinski definition) is 2. The summed E-state index contributed by atoms with van der Waals surface area (Å²) in [6, 6.07) is 6.19. The molecule has 0 aromatic heterocycles. The van der Waals surface area contributed by atoms with E-state index < -0.39 is 23.5 Å². The summed E-state index contributed by atoms with van der Waals surface area (Å²) in [5.74, 6) is 1.39. The average molecular weight is 301 g/mol. The predicted molar refractivity (Wildman–Crippen MR) is 71.7 cm³/mol. The Hall–Kier alpha value is -1.56. The molecule has 0 radical (unpaired) electrons. The van der Waals surface area contributed by atoms with E-state index >= 15 is 0 Å². The van der Waals surface area contributed by atoms with Crippen molar-refractivity contribution in [1.82, 2.24) is 5.43 Å². The Morgan fingerprint density at radius 1 is 1.10 bits per heavy atom. The van der Waals surface area contributed by atoms with Crippen molar-refractivity contribution in [3.05, 3.63) is 69.5 Å². The van der Waals surface area contributed by atoms with Crippen LogP contribution in [0.2, 0.25) is 5.02 Å². The normalized spacial score (nSPS) is 12.5. The van der Waals surface area contributed by atoms with Crippen LogP contribution < -0.4 is 11.3 Å². The van der Waals surface area contributed by atoms with Gasteiger partial charge in [-0.2, -0.15) is 0 Å². The standard InChI is InChI=1S/C14H12ClF3N2/c1-7-6-8(2-4-10(7)15)14(20-19)9-3-5-11(16)13(18)12(9)17/h2-6,14,20H,19H2,1H3. The molecule has 0 aliphatic heterocycles. The number of benzene rings is 2. The van der Waals surface area contributed by atoms with Crippen molar-refractivity contribution in [3.63, 3.8) is 0 Å². The quantitative estimate of drug-likeness (QED) is 0.516. The molecule has 2 nitrogen and oxygen atoms in total. The summed E-state index contributed by atoms with van der Waals surface area (Å²) < 4.78 is 40.1. The van der Waals surface area contributed by atoms with Crippen LogP contribution >= 0.6 is 11.6 Å². The van der Waals surface area contributed by atoms with Gasteiger partial charge in [-0.15, -0.1) is 0 Å². The Labute approximate surface area is 119 Å². The van der Waals surface area contributed by atoms with E-state index in [0.29, 0.717) is 10.6 Å². The molecule has 0 spiro atoms. The minimum Gasteiger partial charge on any atom is -0.271 e. The maximum absolute atomic E-state index is 13.8. The van der Waals surface area contributed by atoms with Gasteiger partial charge in [0, 0.05) is 10.6 Å². The minimum absolute atomic E-state index is 0.0758. The molecule has 1 atom stereocenters. The highest BCUT2D eigenvalue weighted by molar-refractivity contribution is 6.31. The summed E-state index contributed by atoms with van der Waals surface area (Å²) in [5, 5.41) is 0.551. The van der Waals surface area contributed by atoms with Gasteiger partial charge in [-0.25, -0.2) is 18.6 Å². The van der Waals surface area contributed by atoms with Gasteiger partial charge in [0.2, 0.25) is 0 Å². The first-order chi connectivity index (χ1) is 9.45. The summed E-state index contributed by atoms with van der Waals surface area (Å²) in [4.78, 5) is 0. The Balaban J connectivity index is 2.52. The Morgan fingerprint density at radius 2 is 1.80 bits per heavy atom. The summed E-state index contributed by atoms with van der Waals surface area (Å²) in [5.41, 5.74) is 3.69. The largest absolute Gasteiger partial charge is 0.271 e. The third-order valence-electron chi connectivity index (χ3n) is 3.06. The lowest BCUT2D eigenvalue weighted by atomic mass is 9.97. The average Bonchev–Trinajstić information content (AvgIpc) is 2.43. The highest BCUT2D eigenvalue weighted by Gasteiger charge is 2.21. The van der Waals surface area contributed by atoms with Crippen LogP contribution in [0, 0.1) is 24.4 Å². The summed E-state index contributed by atoms with van der Waals surface area (Å²) in [6.07, 6.45) is 0. The lowest BCUT2D eigenvalue weighted by molar-refractivity contribution is 0.433. The van der Waals surface area contributed by atoms with E-state index in [9.17, 15) is 13.2 Å². The smallest absolute Gasteiger partial charge is 0.194 e. The molecule has 20 heavy (non-hydrogen) atoms. The van der Waals surface area contributed by atoms with E-state index in [1.165, 1.54) is 0 Å². The summed E-state index contributed by atoms with van der Waals surface area (Å²) in [7, 11) is 0. The fourth-order valence-corrected chi connectivity index (χ4v) is 2.09. The predicted octanol–water partition coefficient (Wildman–Crippen LogP) is 3.62. The molecule has 2 rings (SSSR count). The van der Waals surface area contributed by atoms with Gasteiger partial charge in [0.15, 0.2) is 17.5 Å². The number of hydrazine groups is 1. The van der Waals surface area contributed by atoms with Gasteiger partial charge in [0.25, 0.3) is 0 Å². The first kappa shape index (κ1) is 14.8. The molecule has 0 aliphatic carbocycles. The van der Waals surface area contributed by atoms with Gasteiger partial charge in [0.05, 0.1) is 6.04 Å². The fourth-order valence-electron chi connectivity index (χ4n) is 1.98. The zero-order valence-electron chi connectivity index (χ0n) is 10.6. The van der Waals surface area contributed by atoms with Crippen LogP contribution in [0.15, 0.2) is 30.3 Å². The molecule has 0 saturated heterocycles. The first-order valence-electron chi connectivity index (χ1n) is 5.81. The molecule has 6 heteroatoms. The minimum atomic E-state index is -1.52. The third-order valence-corrected chi connectivity index (χ3v) is 3.48. The number of nitrogens with one attached hydrogen (secondary N) is 1. The molecule has 106 valence electrons. The van der Waals surface area contributed by atoms with Crippen molar-refractivity contribution in [1.29, 1.82) is 0 Å². The second kappa shape index (κ2) is 5.83. The molecule has 2 aromatic rings. The lowest BCUT2D eigenvalue weighted by Crippen LogP contribution is -2.30. The highest BCUT2D eigenvalue weighted by Crippen LogP contribution is 2.28. The van der Waals surface area contributed by atoms with Crippen molar-refractivity contribution < 1.29 is 13.2 Å². The van der Waals surface area contributed by atoms with Crippen molar-refractivity contribution in [3.8, 4) is 0 Å². The van der Waals surface area contributed by atoms with Crippen molar-refractivity contribution in [2.45, 2.75) is 13.0 Å². The van der Waals surface area contributed by atoms with Crippen LogP contribution in [-0.4, -0.2) is 0 Å². The topological polar surface area (TPSA) is 38.0 Å².